The first-order chi connectivity index (χ1) is 10.9. The predicted octanol–water partition coefficient (Wildman–Crippen LogP) is 4.29. The number of rotatable bonds is 0. The van der Waals surface area contributed by atoms with Gasteiger partial charge in [0, 0.05) is 35.6 Å². The third kappa shape index (κ3) is 4.06. The van der Waals surface area contributed by atoms with Crippen LogP contribution in [0, 0.1) is 0 Å². The summed E-state index contributed by atoms with van der Waals surface area (Å²) in [5.74, 6) is 0. The van der Waals surface area contributed by atoms with Gasteiger partial charge in [-0.25, -0.2) is 9.97 Å². The maximum absolute atomic E-state index is 4.14. The second-order valence-electron chi connectivity index (χ2n) is 4.15. The standard InChI is InChI=1S/2C8H6N2.C2H6/c1-2-7-6-9-5-3-8(7)10-4-1;1-2-4-8-7(3-1)5-9-6-10-8;1-2/h2*1-6H;1-2H3. The van der Waals surface area contributed by atoms with E-state index < -0.39 is 0 Å². The van der Waals surface area contributed by atoms with Gasteiger partial charge < -0.3 is 0 Å². The lowest BCUT2D eigenvalue weighted by Crippen LogP contribution is -1.77. The molecule has 0 atom stereocenters. The molecule has 3 aromatic heterocycles. The minimum Gasteiger partial charge on any atom is -0.264 e. The highest BCUT2D eigenvalue weighted by molar-refractivity contribution is 5.77. The Morgan fingerprint density at radius 3 is 2.14 bits per heavy atom. The molecule has 110 valence electrons. The summed E-state index contributed by atoms with van der Waals surface area (Å²) in [5, 5.41) is 2.18. The van der Waals surface area contributed by atoms with Gasteiger partial charge in [0.05, 0.1) is 11.0 Å². The van der Waals surface area contributed by atoms with E-state index in [2.05, 4.69) is 19.9 Å². The van der Waals surface area contributed by atoms with Gasteiger partial charge in [-0.3, -0.25) is 9.97 Å². The molecule has 0 aliphatic rings. The Balaban J connectivity index is 0.000000144. The summed E-state index contributed by atoms with van der Waals surface area (Å²) in [5.41, 5.74) is 2.00. The van der Waals surface area contributed by atoms with Crippen molar-refractivity contribution in [3.8, 4) is 0 Å². The van der Waals surface area contributed by atoms with Crippen molar-refractivity contribution >= 4 is 21.8 Å². The number of hydrogen-bond acceptors (Lipinski definition) is 4. The summed E-state index contributed by atoms with van der Waals surface area (Å²) in [4.78, 5) is 16.1. The molecule has 0 unspecified atom stereocenters. The van der Waals surface area contributed by atoms with E-state index in [1.165, 1.54) is 0 Å². The summed E-state index contributed by atoms with van der Waals surface area (Å²) >= 11 is 0. The van der Waals surface area contributed by atoms with Gasteiger partial charge in [-0.15, -0.1) is 0 Å². The van der Waals surface area contributed by atoms with E-state index in [0.717, 1.165) is 21.8 Å². The van der Waals surface area contributed by atoms with Gasteiger partial charge in [0.15, 0.2) is 0 Å². The molecule has 1 aromatic carbocycles. The Labute approximate surface area is 129 Å². The number of aromatic nitrogens is 4. The van der Waals surface area contributed by atoms with E-state index in [0.29, 0.717) is 0 Å². The van der Waals surface area contributed by atoms with Crippen molar-refractivity contribution in [3.63, 3.8) is 0 Å². The molecular formula is C18H18N4. The predicted molar refractivity (Wildman–Crippen MR) is 90.4 cm³/mol. The van der Waals surface area contributed by atoms with Gasteiger partial charge in [-0.1, -0.05) is 32.0 Å². The molecule has 0 spiro atoms. The molecule has 0 aliphatic heterocycles. The first-order valence-corrected chi connectivity index (χ1v) is 7.23. The van der Waals surface area contributed by atoms with Crippen LogP contribution in [-0.4, -0.2) is 19.9 Å². The maximum Gasteiger partial charge on any atom is 0.116 e. The Morgan fingerprint density at radius 1 is 0.636 bits per heavy atom. The fraction of sp³-hybridized carbons (Fsp3) is 0.111. The van der Waals surface area contributed by atoms with Crippen LogP contribution in [0.5, 0.6) is 0 Å². The highest BCUT2D eigenvalue weighted by Crippen LogP contribution is 2.06. The van der Waals surface area contributed by atoms with Crippen LogP contribution in [0.4, 0.5) is 0 Å². The number of fused-ring (bicyclic) bond motifs is 2. The van der Waals surface area contributed by atoms with Crippen LogP contribution < -0.4 is 0 Å². The van der Waals surface area contributed by atoms with Crippen molar-refractivity contribution in [1.82, 2.24) is 19.9 Å². The van der Waals surface area contributed by atoms with Crippen molar-refractivity contribution in [3.05, 3.63) is 73.6 Å². The highest BCUT2D eigenvalue weighted by Gasteiger charge is 1.88. The molecule has 22 heavy (non-hydrogen) atoms. The van der Waals surface area contributed by atoms with Crippen molar-refractivity contribution in [1.29, 1.82) is 0 Å². The average molecular weight is 290 g/mol. The first kappa shape index (κ1) is 15.5. The molecule has 0 aliphatic carbocycles. The SMILES string of the molecule is CC.c1ccc2ncncc2c1.c1cnc2ccncc2c1. The zero-order chi connectivity index (χ0) is 15.6. The molecule has 4 nitrogen and oxygen atoms in total. The third-order valence-corrected chi connectivity index (χ3v) is 2.82. The van der Waals surface area contributed by atoms with Crippen LogP contribution in [-0.2, 0) is 0 Å². The van der Waals surface area contributed by atoms with Gasteiger partial charge in [0.1, 0.15) is 6.33 Å². The summed E-state index contributed by atoms with van der Waals surface area (Å²) in [7, 11) is 0. The van der Waals surface area contributed by atoms with E-state index in [1.807, 2.05) is 68.7 Å². The number of pyridine rings is 2. The topological polar surface area (TPSA) is 51.6 Å². The van der Waals surface area contributed by atoms with Crippen LogP contribution in [0.25, 0.3) is 21.8 Å². The molecular weight excluding hydrogens is 272 g/mol. The van der Waals surface area contributed by atoms with E-state index in [1.54, 1.807) is 18.7 Å². The zero-order valence-electron chi connectivity index (χ0n) is 12.7. The Hall–Kier alpha value is -2.88. The van der Waals surface area contributed by atoms with Gasteiger partial charge in [0.2, 0.25) is 0 Å². The highest BCUT2D eigenvalue weighted by atomic mass is 14.8. The van der Waals surface area contributed by atoms with Crippen molar-refractivity contribution in [2.75, 3.05) is 0 Å². The molecule has 0 radical (unpaired) electrons. The molecule has 0 bridgehead atoms. The third-order valence-electron chi connectivity index (χ3n) is 2.82. The smallest absolute Gasteiger partial charge is 0.116 e. The maximum atomic E-state index is 4.14. The average Bonchev–Trinajstić information content (AvgIpc) is 2.64. The summed E-state index contributed by atoms with van der Waals surface area (Å²) < 4.78 is 0. The summed E-state index contributed by atoms with van der Waals surface area (Å²) in [6.07, 6.45) is 8.70. The second kappa shape index (κ2) is 8.42. The lowest BCUT2D eigenvalue weighted by Gasteiger charge is -1.90. The minimum absolute atomic E-state index is 0.998. The van der Waals surface area contributed by atoms with Gasteiger partial charge in [-0.05, 0) is 24.3 Å². The fourth-order valence-electron chi connectivity index (χ4n) is 1.84. The lowest BCUT2D eigenvalue weighted by atomic mass is 10.2. The molecule has 4 rings (SSSR count). The molecule has 4 heteroatoms. The quantitative estimate of drug-likeness (QED) is 0.485. The van der Waals surface area contributed by atoms with Crippen molar-refractivity contribution in [2.45, 2.75) is 13.8 Å². The molecule has 0 fully saturated rings. The van der Waals surface area contributed by atoms with Gasteiger partial charge >= 0.3 is 0 Å². The summed E-state index contributed by atoms with van der Waals surface area (Å²) in [6.45, 7) is 4.00. The van der Waals surface area contributed by atoms with E-state index in [4.69, 9.17) is 0 Å². The second-order valence-corrected chi connectivity index (χ2v) is 4.15. The molecule has 0 saturated carbocycles. The largest absolute Gasteiger partial charge is 0.264 e. The van der Waals surface area contributed by atoms with E-state index >= 15 is 0 Å². The van der Waals surface area contributed by atoms with E-state index in [9.17, 15) is 0 Å². The van der Waals surface area contributed by atoms with Crippen LogP contribution in [0.2, 0.25) is 0 Å². The van der Waals surface area contributed by atoms with Gasteiger partial charge in [0.25, 0.3) is 0 Å². The van der Waals surface area contributed by atoms with Crippen LogP contribution in [0.3, 0.4) is 0 Å². The van der Waals surface area contributed by atoms with E-state index in [-0.39, 0.29) is 0 Å². The summed E-state index contributed by atoms with van der Waals surface area (Å²) in [6, 6.07) is 13.7. The lowest BCUT2D eigenvalue weighted by molar-refractivity contribution is 1.22. The fourth-order valence-corrected chi connectivity index (χ4v) is 1.84. The van der Waals surface area contributed by atoms with Crippen molar-refractivity contribution < 1.29 is 0 Å². The van der Waals surface area contributed by atoms with Gasteiger partial charge in [-0.2, -0.15) is 0 Å². The zero-order valence-corrected chi connectivity index (χ0v) is 12.7. The number of hydrogen-bond donors (Lipinski definition) is 0. The molecule has 3 heterocycles. The van der Waals surface area contributed by atoms with Crippen LogP contribution in [0.1, 0.15) is 13.8 Å². The minimum atomic E-state index is 0.998. The molecule has 0 amide bonds. The number of benzene rings is 1. The first-order valence-electron chi connectivity index (χ1n) is 7.23. The number of nitrogens with zero attached hydrogens (tertiary/aromatic N) is 4. The normalized spacial score (nSPS) is 9.36. The van der Waals surface area contributed by atoms with Crippen LogP contribution >= 0.6 is 0 Å². The molecule has 4 aromatic rings. The Kier molecular flexibility index (Phi) is 5.93. The Morgan fingerprint density at radius 2 is 1.32 bits per heavy atom. The van der Waals surface area contributed by atoms with Crippen LogP contribution in [0.15, 0.2) is 73.6 Å². The van der Waals surface area contributed by atoms with Crippen molar-refractivity contribution in [2.24, 2.45) is 0 Å². The number of para-hydroxylation sites is 1. The molecule has 0 N–H and O–H groups in total. The molecule has 0 saturated heterocycles. The Bertz CT molecular complexity index is 628. The monoisotopic (exact) mass is 290 g/mol.